The van der Waals surface area contributed by atoms with E-state index in [2.05, 4.69) is 22.0 Å². The number of rotatable bonds is 14. The lowest BCUT2D eigenvalue weighted by Gasteiger charge is -2.27. The molecule has 41 heavy (non-hydrogen) atoms. The van der Waals surface area contributed by atoms with E-state index >= 15 is 0 Å². The van der Waals surface area contributed by atoms with Gasteiger partial charge in [-0.2, -0.15) is 0 Å². The van der Waals surface area contributed by atoms with E-state index in [9.17, 15) is 24.3 Å². The molecule has 4 N–H and O–H groups in total. The van der Waals surface area contributed by atoms with E-state index < -0.39 is 35.5 Å². The number of aliphatic hydroxyl groups excluding tert-OH is 1. The van der Waals surface area contributed by atoms with Crippen LogP contribution in [0.25, 0.3) is 0 Å². The molecule has 1 aliphatic carbocycles. The number of morpholine rings is 1. The highest BCUT2D eigenvalue weighted by atomic mass is 16.6. The van der Waals surface area contributed by atoms with E-state index in [1.807, 2.05) is 4.90 Å². The summed E-state index contributed by atoms with van der Waals surface area (Å²) in [6, 6.07) is 4.43. The number of Topliss-reactive ketones (excluding diaryl/α,β-unsaturated/α-hetero) is 1. The van der Waals surface area contributed by atoms with Gasteiger partial charge in [-0.1, -0.05) is 35.9 Å². The summed E-state index contributed by atoms with van der Waals surface area (Å²) in [7, 11) is 0. The van der Waals surface area contributed by atoms with Crippen LogP contribution >= 0.6 is 0 Å². The van der Waals surface area contributed by atoms with Crippen LogP contribution in [0, 0.1) is 0 Å². The van der Waals surface area contributed by atoms with Crippen molar-refractivity contribution >= 4 is 23.5 Å². The number of epoxide rings is 1. The number of carbonyl (C=O) groups is 4. The molecule has 0 radical (unpaired) electrons. The molecule has 2 aliphatic heterocycles. The number of benzene rings is 1. The average molecular weight is 571 g/mol. The molecule has 2 heterocycles. The molecule has 0 saturated carbocycles. The molecule has 0 bridgehead atoms. The minimum Gasteiger partial charge on any atom is -0.392 e. The smallest absolute Gasteiger partial charge is 0.243 e. The first-order chi connectivity index (χ1) is 19.7. The lowest BCUT2D eigenvalue weighted by molar-refractivity contribution is -0.134. The summed E-state index contributed by atoms with van der Waals surface area (Å²) in [6.45, 7) is 6.07. The van der Waals surface area contributed by atoms with Crippen LogP contribution in [0.2, 0.25) is 0 Å². The zero-order valence-electron chi connectivity index (χ0n) is 23.9. The molecule has 3 amide bonds. The number of amides is 3. The number of nitrogens with zero attached hydrogens (tertiary/aromatic N) is 1. The molecule has 0 unspecified atom stereocenters. The minimum atomic E-state index is -0.998. The van der Waals surface area contributed by atoms with Gasteiger partial charge in [-0.15, -0.1) is 0 Å². The number of aliphatic hydroxyl groups is 1. The summed E-state index contributed by atoms with van der Waals surface area (Å²) in [6.07, 6.45) is 5.55. The van der Waals surface area contributed by atoms with Crippen molar-refractivity contribution in [1.29, 1.82) is 0 Å². The van der Waals surface area contributed by atoms with Gasteiger partial charge in [0, 0.05) is 19.5 Å². The Balaban J connectivity index is 1.44. The molecule has 0 aromatic heterocycles. The number of carbonyl (C=O) groups excluding carboxylic acids is 4. The highest BCUT2D eigenvalue weighted by Crippen LogP contribution is 2.31. The molecule has 4 atom stereocenters. The predicted molar refractivity (Wildman–Crippen MR) is 151 cm³/mol. The molecule has 2 fully saturated rings. The molecule has 0 spiro atoms. The average Bonchev–Trinajstić information content (AvgIpc) is 3.51. The Morgan fingerprint density at radius 1 is 0.976 bits per heavy atom. The normalized spacial score (nSPS) is 22.7. The van der Waals surface area contributed by atoms with Gasteiger partial charge in [0.25, 0.3) is 0 Å². The van der Waals surface area contributed by atoms with Crippen molar-refractivity contribution in [3.8, 4) is 0 Å². The van der Waals surface area contributed by atoms with Crippen LogP contribution in [0.1, 0.15) is 50.7 Å². The first-order valence-electron chi connectivity index (χ1n) is 14.4. The molecular weight excluding hydrogens is 528 g/mol. The van der Waals surface area contributed by atoms with Gasteiger partial charge in [0.2, 0.25) is 17.7 Å². The highest BCUT2D eigenvalue weighted by Gasteiger charge is 2.50. The quantitative estimate of drug-likeness (QED) is 0.185. The Hall–Kier alpha value is -3.12. The largest absolute Gasteiger partial charge is 0.392 e. The number of allylic oxidation sites excluding steroid dienone is 1. The number of hydrogen-bond donors (Lipinski definition) is 4. The summed E-state index contributed by atoms with van der Waals surface area (Å²) < 4.78 is 10.7. The number of hydrogen-bond acceptors (Lipinski definition) is 8. The van der Waals surface area contributed by atoms with Crippen molar-refractivity contribution in [2.75, 3.05) is 39.5 Å². The van der Waals surface area contributed by atoms with E-state index in [0.717, 1.165) is 36.0 Å². The molecule has 4 rings (SSSR count). The molecule has 3 aliphatic rings. The third-order valence-electron chi connectivity index (χ3n) is 7.85. The van der Waals surface area contributed by atoms with Gasteiger partial charge in [-0.25, -0.2) is 0 Å². The van der Waals surface area contributed by atoms with Gasteiger partial charge in [-0.05, 0) is 50.7 Å². The van der Waals surface area contributed by atoms with Crippen LogP contribution in [-0.4, -0.2) is 96.7 Å². The Morgan fingerprint density at radius 2 is 1.63 bits per heavy atom. The Labute approximate surface area is 241 Å². The fourth-order valence-corrected chi connectivity index (χ4v) is 5.12. The first kappa shape index (κ1) is 30.8. The number of ether oxygens (including phenoxy) is 2. The predicted octanol–water partition coefficient (Wildman–Crippen LogP) is 0.386. The van der Waals surface area contributed by atoms with Crippen LogP contribution in [0.3, 0.4) is 0 Å². The zero-order valence-corrected chi connectivity index (χ0v) is 23.9. The zero-order chi connectivity index (χ0) is 29.4. The van der Waals surface area contributed by atoms with Crippen LogP contribution < -0.4 is 16.0 Å². The van der Waals surface area contributed by atoms with E-state index in [0.29, 0.717) is 39.3 Å². The van der Waals surface area contributed by atoms with E-state index in [-0.39, 0.29) is 31.3 Å². The summed E-state index contributed by atoms with van der Waals surface area (Å²) in [5.41, 5.74) is 1.72. The minimum absolute atomic E-state index is 0.108. The summed E-state index contributed by atoms with van der Waals surface area (Å²) >= 11 is 0. The van der Waals surface area contributed by atoms with Crippen molar-refractivity contribution in [1.82, 2.24) is 20.9 Å². The maximum Gasteiger partial charge on any atom is 0.243 e. The fraction of sp³-hybridized carbons (Fsp3) is 0.600. The Morgan fingerprint density at radius 3 is 2.24 bits per heavy atom. The van der Waals surface area contributed by atoms with Crippen molar-refractivity contribution < 1.29 is 33.8 Å². The maximum absolute atomic E-state index is 13.7. The summed E-state index contributed by atoms with van der Waals surface area (Å²) in [5, 5.41) is 17.8. The molecule has 224 valence electrons. The van der Waals surface area contributed by atoms with Crippen LogP contribution in [0.4, 0.5) is 0 Å². The third kappa shape index (κ3) is 8.93. The van der Waals surface area contributed by atoms with Gasteiger partial charge in [0.15, 0.2) is 5.78 Å². The van der Waals surface area contributed by atoms with E-state index in [1.54, 1.807) is 38.1 Å². The molecule has 11 heteroatoms. The number of ketones is 1. The standard InChI is InChI=1S/C30H42N4O7/c1-20(31-26(36)17-34-11-13-40-14-12-34)28(38)33-25(16-22-7-9-23(18-35)10-8-22)29(39)32-24(15-21-5-3-4-6-21)27(37)30(2)19-41-30/h5,7-10,20,24-25,35H,3-4,6,11-19H2,1-2H3,(H,31,36)(H,32,39)(H,33,38)/t20-,24-,25-,30+/m0/s1. The van der Waals surface area contributed by atoms with Crippen molar-refractivity contribution in [2.24, 2.45) is 0 Å². The van der Waals surface area contributed by atoms with Crippen molar-refractivity contribution in [2.45, 2.75) is 76.3 Å². The second-order valence-electron chi connectivity index (χ2n) is 11.3. The fourth-order valence-electron chi connectivity index (χ4n) is 5.12. The van der Waals surface area contributed by atoms with Gasteiger partial charge < -0.3 is 30.5 Å². The summed E-state index contributed by atoms with van der Waals surface area (Å²) in [5.74, 6) is -1.47. The SMILES string of the molecule is C[C@H](NC(=O)CN1CCOCC1)C(=O)N[C@@H](Cc1ccc(CO)cc1)C(=O)N[C@@H](CC1=CCCC1)C(=O)[C@@]1(C)CO1. The van der Waals surface area contributed by atoms with Gasteiger partial charge in [-0.3, -0.25) is 24.1 Å². The first-order valence-corrected chi connectivity index (χ1v) is 14.4. The topological polar surface area (TPSA) is 150 Å². The Bertz CT molecular complexity index is 1130. The lowest BCUT2D eigenvalue weighted by atomic mass is 9.94. The lowest BCUT2D eigenvalue weighted by Crippen LogP contribution is -2.57. The molecule has 2 saturated heterocycles. The van der Waals surface area contributed by atoms with Gasteiger partial charge >= 0.3 is 0 Å². The summed E-state index contributed by atoms with van der Waals surface area (Å²) in [4.78, 5) is 54.6. The molecule has 1 aromatic carbocycles. The van der Waals surface area contributed by atoms with Gasteiger partial charge in [0.05, 0.1) is 39.0 Å². The maximum atomic E-state index is 13.7. The highest BCUT2D eigenvalue weighted by molar-refractivity contribution is 5.98. The molecule has 11 nitrogen and oxygen atoms in total. The Kier molecular flexibility index (Phi) is 10.7. The molecule has 1 aromatic rings. The van der Waals surface area contributed by atoms with Crippen molar-refractivity contribution in [3.63, 3.8) is 0 Å². The van der Waals surface area contributed by atoms with Crippen molar-refractivity contribution in [3.05, 3.63) is 47.0 Å². The second-order valence-corrected chi connectivity index (χ2v) is 11.3. The van der Waals surface area contributed by atoms with Crippen LogP contribution in [-0.2, 0) is 41.7 Å². The number of nitrogens with one attached hydrogen (secondary N) is 3. The van der Waals surface area contributed by atoms with Crippen LogP contribution in [0.5, 0.6) is 0 Å². The van der Waals surface area contributed by atoms with Crippen LogP contribution in [0.15, 0.2) is 35.9 Å². The van der Waals surface area contributed by atoms with Gasteiger partial charge in [0.1, 0.15) is 17.7 Å². The third-order valence-corrected chi connectivity index (χ3v) is 7.85. The van der Waals surface area contributed by atoms with E-state index in [4.69, 9.17) is 9.47 Å². The second kappa shape index (κ2) is 14.2. The monoisotopic (exact) mass is 570 g/mol. The molecular formula is C30H42N4O7. The van der Waals surface area contributed by atoms with E-state index in [1.165, 1.54) is 0 Å².